The van der Waals surface area contributed by atoms with E-state index in [2.05, 4.69) is 0 Å². The Balaban J connectivity index is 1.79. The summed E-state index contributed by atoms with van der Waals surface area (Å²) in [6.45, 7) is 0. The molecule has 1 aromatic rings. The highest BCUT2D eigenvalue weighted by Crippen LogP contribution is 2.36. The number of nitrogens with zero attached hydrogens (tertiary/aromatic N) is 1. The Kier molecular flexibility index (Phi) is 2.75. The van der Waals surface area contributed by atoms with Gasteiger partial charge in [-0.05, 0) is 43.1 Å². The molecule has 2 unspecified atom stereocenters. The molecular formula is C11H16N2S2. The molecule has 3 rings (SSSR count). The summed E-state index contributed by atoms with van der Waals surface area (Å²) in [5.41, 5.74) is 7.64. The maximum atomic E-state index is 6.30. The van der Waals surface area contributed by atoms with E-state index in [0.29, 0.717) is 5.92 Å². The van der Waals surface area contributed by atoms with Gasteiger partial charge in [-0.25, -0.2) is 4.98 Å². The largest absolute Gasteiger partial charge is 0.322 e. The maximum Gasteiger partial charge on any atom is 0.110 e. The van der Waals surface area contributed by atoms with E-state index in [1.54, 1.807) is 0 Å². The number of hydrogen-bond donors (Lipinski definition) is 1. The highest BCUT2D eigenvalue weighted by atomic mass is 32.2. The number of thiazole rings is 1. The molecule has 2 heterocycles. The third kappa shape index (κ3) is 1.83. The molecule has 2 nitrogen and oxygen atoms in total. The van der Waals surface area contributed by atoms with E-state index in [1.807, 2.05) is 23.1 Å². The number of rotatable bonds is 2. The van der Waals surface area contributed by atoms with Gasteiger partial charge >= 0.3 is 0 Å². The van der Waals surface area contributed by atoms with Gasteiger partial charge in [-0.15, -0.1) is 11.3 Å². The summed E-state index contributed by atoms with van der Waals surface area (Å²) in [5.74, 6) is 3.18. The Morgan fingerprint density at radius 2 is 2.33 bits per heavy atom. The second kappa shape index (κ2) is 4.07. The second-order valence-corrected chi connectivity index (χ2v) is 6.69. The lowest BCUT2D eigenvalue weighted by Crippen LogP contribution is -2.21. The zero-order valence-corrected chi connectivity index (χ0v) is 10.4. The van der Waals surface area contributed by atoms with Gasteiger partial charge in [-0.2, -0.15) is 11.8 Å². The van der Waals surface area contributed by atoms with Crippen LogP contribution in [0, 0.1) is 5.92 Å². The molecule has 2 N–H and O–H groups in total. The molecule has 15 heavy (non-hydrogen) atoms. The van der Waals surface area contributed by atoms with Crippen LogP contribution in [0.25, 0.3) is 0 Å². The highest BCUT2D eigenvalue weighted by molar-refractivity contribution is 7.99. The van der Waals surface area contributed by atoms with Crippen LogP contribution in [0.15, 0.2) is 0 Å². The van der Waals surface area contributed by atoms with Crippen LogP contribution in [0.2, 0.25) is 0 Å². The molecule has 1 aliphatic heterocycles. The van der Waals surface area contributed by atoms with Gasteiger partial charge in [0.2, 0.25) is 0 Å². The van der Waals surface area contributed by atoms with E-state index in [-0.39, 0.29) is 6.04 Å². The van der Waals surface area contributed by atoms with E-state index in [0.717, 1.165) is 0 Å². The van der Waals surface area contributed by atoms with Crippen molar-refractivity contribution in [3.05, 3.63) is 15.6 Å². The molecule has 1 aliphatic carbocycles. The number of aryl methyl sites for hydroxylation is 2. The maximum absolute atomic E-state index is 6.30. The minimum atomic E-state index is 0.204. The Labute approximate surface area is 98.7 Å². The first-order valence-electron chi connectivity index (χ1n) is 5.66. The zero-order valence-electron chi connectivity index (χ0n) is 8.74. The predicted molar refractivity (Wildman–Crippen MR) is 66.5 cm³/mol. The molecule has 4 heteroatoms. The topological polar surface area (TPSA) is 38.9 Å². The van der Waals surface area contributed by atoms with Crippen molar-refractivity contribution in [3.63, 3.8) is 0 Å². The summed E-state index contributed by atoms with van der Waals surface area (Å²) in [7, 11) is 0. The number of nitrogens with two attached hydrogens (primary N) is 1. The average Bonchev–Trinajstić information content (AvgIpc) is 2.92. The first-order chi connectivity index (χ1) is 7.34. The summed E-state index contributed by atoms with van der Waals surface area (Å²) in [6, 6.07) is 0.204. The molecule has 0 amide bonds. The molecule has 1 aromatic heterocycles. The van der Waals surface area contributed by atoms with E-state index >= 15 is 0 Å². The van der Waals surface area contributed by atoms with Crippen molar-refractivity contribution in [2.75, 3.05) is 11.5 Å². The van der Waals surface area contributed by atoms with Crippen molar-refractivity contribution in [2.45, 2.75) is 31.7 Å². The predicted octanol–water partition coefficient (Wildman–Crippen LogP) is 2.38. The smallest absolute Gasteiger partial charge is 0.110 e. The lowest BCUT2D eigenvalue weighted by atomic mass is 10.0. The van der Waals surface area contributed by atoms with Crippen LogP contribution < -0.4 is 5.73 Å². The minimum absolute atomic E-state index is 0.204. The SMILES string of the molecule is NC(c1nc2c(s1)CCC2)C1CCSC1. The third-order valence-corrected chi connectivity index (χ3v) is 5.82. The Morgan fingerprint density at radius 1 is 1.40 bits per heavy atom. The van der Waals surface area contributed by atoms with Crippen LogP contribution in [-0.2, 0) is 12.8 Å². The van der Waals surface area contributed by atoms with Gasteiger partial charge in [-0.1, -0.05) is 0 Å². The van der Waals surface area contributed by atoms with Gasteiger partial charge in [0, 0.05) is 4.88 Å². The molecule has 0 spiro atoms. The number of aromatic nitrogens is 1. The first-order valence-corrected chi connectivity index (χ1v) is 7.63. The van der Waals surface area contributed by atoms with Crippen molar-refractivity contribution < 1.29 is 0 Å². The third-order valence-electron chi connectivity index (χ3n) is 3.37. The van der Waals surface area contributed by atoms with Gasteiger partial charge in [0.05, 0.1) is 11.7 Å². The summed E-state index contributed by atoms with van der Waals surface area (Å²) in [4.78, 5) is 6.23. The van der Waals surface area contributed by atoms with E-state index in [4.69, 9.17) is 10.7 Å². The molecular weight excluding hydrogens is 224 g/mol. The van der Waals surface area contributed by atoms with Crippen LogP contribution in [0.4, 0.5) is 0 Å². The van der Waals surface area contributed by atoms with Crippen molar-refractivity contribution in [1.29, 1.82) is 0 Å². The van der Waals surface area contributed by atoms with E-state index in [9.17, 15) is 0 Å². The lowest BCUT2D eigenvalue weighted by molar-refractivity contribution is 0.479. The van der Waals surface area contributed by atoms with E-state index in [1.165, 1.54) is 52.8 Å². The zero-order chi connectivity index (χ0) is 10.3. The molecule has 1 fully saturated rings. The summed E-state index contributed by atoms with van der Waals surface area (Å²) in [6.07, 6.45) is 4.98. The Hall–Kier alpha value is -0.0600. The fraction of sp³-hybridized carbons (Fsp3) is 0.727. The van der Waals surface area contributed by atoms with Crippen LogP contribution in [-0.4, -0.2) is 16.5 Å². The quantitative estimate of drug-likeness (QED) is 0.862. The molecule has 2 aliphatic rings. The highest BCUT2D eigenvalue weighted by Gasteiger charge is 2.27. The standard InChI is InChI=1S/C11H16N2S2/c12-10(7-4-5-14-6-7)11-13-8-2-1-3-9(8)15-11/h7,10H,1-6,12H2. The first kappa shape index (κ1) is 10.1. The van der Waals surface area contributed by atoms with Crippen molar-refractivity contribution in [2.24, 2.45) is 11.7 Å². The summed E-state index contributed by atoms with van der Waals surface area (Å²) >= 11 is 3.90. The van der Waals surface area contributed by atoms with Crippen molar-refractivity contribution in [1.82, 2.24) is 4.98 Å². The molecule has 0 saturated carbocycles. The van der Waals surface area contributed by atoms with Crippen molar-refractivity contribution >= 4 is 23.1 Å². The molecule has 82 valence electrons. The van der Waals surface area contributed by atoms with Gasteiger partial charge in [0.1, 0.15) is 5.01 Å². The van der Waals surface area contributed by atoms with Crippen LogP contribution >= 0.6 is 23.1 Å². The molecule has 1 saturated heterocycles. The second-order valence-electron chi connectivity index (χ2n) is 4.42. The summed E-state index contributed by atoms with van der Waals surface area (Å²) in [5, 5.41) is 1.20. The number of thioether (sulfide) groups is 1. The van der Waals surface area contributed by atoms with E-state index < -0.39 is 0 Å². The normalized spacial score (nSPS) is 26.9. The van der Waals surface area contributed by atoms with Gasteiger partial charge < -0.3 is 5.73 Å². The van der Waals surface area contributed by atoms with Gasteiger partial charge in [-0.3, -0.25) is 0 Å². The Morgan fingerprint density at radius 3 is 3.07 bits per heavy atom. The lowest BCUT2D eigenvalue weighted by Gasteiger charge is -2.15. The van der Waals surface area contributed by atoms with Crippen LogP contribution in [0.1, 0.15) is 34.5 Å². The number of fused-ring (bicyclic) bond motifs is 1. The fourth-order valence-electron chi connectivity index (χ4n) is 2.39. The molecule has 2 atom stereocenters. The average molecular weight is 240 g/mol. The minimum Gasteiger partial charge on any atom is -0.322 e. The molecule has 0 bridgehead atoms. The van der Waals surface area contributed by atoms with Crippen molar-refractivity contribution in [3.8, 4) is 0 Å². The molecule has 0 radical (unpaired) electrons. The van der Waals surface area contributed by atoms with Gasteiger partial charge in [0.25, 0.3) is 0 Å². The molecule has 0 aromatic carbocycles. The monoisotopic (exact) mass is 240 g/mol. The fourth-order valence-corrected chi connectivity index (χ4v) is 4.95. The Bertz CT molecular complexity index is 334. The summed E-state index contributed by atoms with van der Waals surface area (Å²) < 4.78 is 0. The van der Waals surface area contributed by atoms with Crippen LogP contribution in [0.3, 0.4) is 0 Å². The van der Waals surface area contributed by atoms with Gasteiger partial charge in [0.15, 0.2) is 0 Å². The van der Waals surface area contributed by atoms with Crippen LogP contribution in [0.5, 0.6) is 0 Å². The number of hydrogen-bond acceptors (Lipinski definition) is 4.